The molecule has 1 aliphatic heterocycles. The molecule has 120 valence electrons. The standard InChI is InChI=1S/C16H28N2O2S/c1-4-6-13-16(20)18(14(5-2)15(19)17-13)11-7-9-12(21-3)10-8-11/h11-14H,4-10H2,1-3H3,(H,17,19). The first kappa shape index (κ1) is 16.7. The normalized spacial score (nSPS) is 34.0. The minimum absolute atomic E-state index is 0.0440. The van der Waals surface area contributed by atoms with Crippen LogP contribution < -0.4 is 5.32 Å². The van der Waals surface area contributed by atoms with Crippen molar-refractivity contribution in [2.24, 2.45) is 0 Å². The molecule has 21 heavy (non-hydrogen) atoms. The van der Waals surface area contributed by atoms with Gasteiger partial charge in [-0.05, 0) is 44.8 Å². The first-order valence-corrected chi connectivity index (χ1v) is 9.56. The van der Waals surface area contributed by atoms with E-state index in [0.29, 0.717) is 6.42 Å². The number of amides is 2. The van der Waals surface area contributed by atoms with Gasteiger partial charge in [-0.1, -0.05) is 20.3 Å². The maximum atomic E-state index is 12.8. The zero-order chi connectivity index (χ0) is 15.4. The first-order chi connectivity index (χ1) is 10.1. The van der Waals surface area contributed by atoms with E-state index in [-0.39, 0.29) is 29.9 Å². The fourth-order valence-electron chi connectivity index (χ4n) is 3.65. The van der Waals surface area contributed by atoms with Crippen LogP contribution in [0.5, 0.6) is 0 Å². The fraction of sp³-hybridized carbons (Fsp3) is 0.875. The van der Waals surface area contributed by atoms with E-state index < -0.39 is 0 Å². The fourth-order valence-corrected chi connectivity index (χ4v) is 4.39. The Labute approximate surface area is 132 Å². The van der Waals surface area contributed by atoms with Crippen LogP contribution in [0.2, 0.25) is 0 Å². The zero-order valence-corrected chi connectivity index (χ0v) is 14.2. The van der Waals surface area contributed by atoms with E-state index >= 15 is 0 Å². The third-order valence-electron chi connectivity index (χ3n) is 4.84. The summed E-state index contributed by atoms with van der Waals surface area (Å²) >= 11 is 1.93. The number of nitrogens with one attached hydrogen (secondary N) is 1. The lowest BCUT2D eigenvalue weighted by molar-refractivity contribution is -0.153. The molecule has 0 aromatic carbocycles. The highest BCUT2D eigenvalue weighted by molar-refractivity contribution is 7.99. The van der Waals surface area contributed by atoms with E-state index in [1.807, 2.05) is 23.6 Å². The second-order valence-electron chi connectivity index (χ2n) is 6.19. The molecule has 0 spiro atoms. The number of hydrogen-bond donors (Lipinski definition) is 1. The van der Waals surface area contributed by atoms with E-state index in [1.165, 1.54) is 0 Å². The van der Waals surface area contributed by atoms with Gasteiger partial charge in [-0.3, -0.25) is 9.59 Å². The van der Waals surface area contributed by atoms with E-state index in [2.05, 4.69) is 18.5 Å². The molecule has 5 heteroatoms. The Morgan fingerprint density at radius 3 is 2.38 bits per heavy atom. The van der Waals surface area contributed by atoms with Gasteiger partial charge < -0.3 is 10.2 Å². The molecule has 1 heterocycles. The van der Waals surface area contributed by atoms with Crippen LogP contribution in [-0.4, -0.2) is 46.3 Å². The molecule has 2 amide bonds. The molecular weight excluding hydrogens is 284 g/mol. The van der Waals surface area contributed by atoms with Crippen LogP contribution in [0.15, 0.2) is 0 Å². The molecule has 2 aliphatic rings. The highest BCUT2D eigenvalue weighted by atomic mass is 32.2. The van der Waals surface area contributed by atoms with Crippen LogP contribution >= 0.6 is 11.8 Å². The summed E-state index contributed by atoms with van der Waals surface area (Å²) in [6, 6.07) is -0.304. The van der Waals surface area contributed by atoms with Gasteiger partial charge in [0.15, 0.2) is 0 Å². The minimum atomic E-state index is -0.302. The van der Waals surface area contributed by atoms with Crippen molar-refractivity contribution in [1.82, 2.24) is 10.2 Å². The van der Waals surface area contributed by atoms with Crippen molar-refractivity contribution in [2.75, 3.05) is 6.26 Å². The Hall–Kier alpha value is -0.710. The summed E-state index contributed by atoms with van der Waals surface area (Å²) in [6.07, 6.45) is 8.94. The topological polar surface area (TPSA) is 49.4 Å². The van der Waals surface area contributed by atoms with Crippen LogP contribution in [0.3, 0.4) is 0 Å². The molecule has 1 N–H and O–H groups in total. The van der Waals surface area contributed by atoms with Crippen molar-refractivity contribution in [3.63, 3.8) is 0 Å². The lowest BCUT2D eigenvalue weighted by Gasteiger charge is -2.45. The molecule has 2 fully saturated rings. The molecular formula is C16H28N2O2S. The van der Waals surface area contributed by atoms with Crippen LogP contribution in [-0.2, 0) is 9.59 Å². The van der Waals surface area contributed by atoms with Crippen LogP contribution in [0.25, 0.3) is 0 Å². The first-order valence-electron chi connectivity index (χ1n) is 8.27. The number of carbonyl (C=O) groups is 2. The van der Waals surface area contributed by atoms with Gasteiger partial charge in [-0.25, -0.2) is 0 Å². The van der Waals surface area contributed by atoms with Crippen LogP contribution in [0.1, 0.15) is 58.8 Å². The van der Waals surface area contributed by atoms with E-state index in [4.69, 9.17) is 0 Å². The predicted molar refractivity (Wildman–Crippen MR) is 87.3 cm³/mol. The average molecular weight is 312 g/mol. The Kier molecular flexibility index (Phi) is 5.97. The van der Waals surface area contributed by atoms with Crippen molar-refractivity contribution < 1.29 is 9.59 Å². The minimum Gasteiger partial charge on any atom is -0.343 e. The maximum absolute atomic E-state index is 12.8. The number of carbonyl (C=O) groups excluding carboxylic acids is 2. The van der Waals surface area contributed by atoms with Gasteiger partial charge in [-0.15, -0.1) is 0 Å². The molecule has 1 aliphatic carbocycles. The summed E-state index contributed by atoms with van der Waals surface area (Å²) in [5, 5.41) is 3.65. The summed E-state index contributed by atoms with van der Waals surface area (Å²) < 4.78 is 0. The van der Waals surface area contributed by atoms with Crippen LogP contribution in [0, 0.1) is 0 Å². The van der Waals surface area contributed by atoms with Gasteiger partial charge in [0.1, 0.15) is 12.1 Å². The molecule has 4 nitrogen and oxygen atoms in total. The van der Waals surface area contributed by atoms with E-state index in [0.717, 1.165) is 43.8 Å². The van der Waals surface area contributed by atoms with Crippen molar-refractivity contribution in [2.45, 2.75) is 82.2 Å². The van der Waals surface area contributed by atoms with Crippen molar-refractivity contribution >= 4 is 23.6 Å². The van der Waals surface area contributed by atoms with Crippen molar-refractivity contribution in [3.05, 3.63) is 0 Å². The molecule has 0 bridgehead atoms. The van der Waals surface area contributed by atoms with Gasteiger partial charge in [0, 0.05) is 11.3 Å². The lowest BCUT2D eigenvalue weighted by atomic mass is 9.90. The second-order valence-corrected chi connectivity index (χ2v) is 7.32. The van der Waals surface area contributed by atoms with Crippen LogP contribution in [0.4, 0.5) is 0 Å². The monoisotopic (exact) mass is 312 g/mol. The molecule has 0 radical (unpaired) electrons. The second kappa shape index (κ2) is 7.52. The Bertz CT molecular complexity index is 380. The average Bonchev–Trinajstić information content (AvgIpc) is 2.50. The van der Waals surface area contributed by atoms with E-state index in [9.17, 15) is 9.59 Å². The van der Waals surface area contributed by atoms with Gasteiger partial charge in [0.2, 0.25) is 11.8 Å². The van der Waals surface area contributed by atoms with Gasteiger partial charge >= 0.3 is 0 Å². The molecule has 2 atom stereocenters. The van der Waals surface area contributed by atoms with E-state index in [1.54, 1.807) is 0 Å². The van der Waals surface area contributed by atoms with Gasteiger partial charge in [0.25, 0.3) is 0 Å². The Morgan fingerprint density at radius 2 is 1.86 bits per heavy atom. The number of hydrogen-bond acceptors (Lipinski definition) is 3. The van der Waals surface area contributed by atoms with Crippen molar-refractivity contribution in [3.8, 4) is 0 Å². The van der Waals surface area contributed by atoms with Crippen molar-refractivity contribution in [1.29, 1.82) is 0 Å². The molecule has 1 saturated carbocycles. The Balaban J connectivity index is 2.12. The third-order valence-corrected chi connectivity index (χ3v) is 5.98. The summed E-state index contributed by atoms with van der Waals surface area (Å²) in [6.45, 7) is 4.05. The lowest BCUT2D eigenvalue weighted by Crippen LogP contribution is -2.65. The molecule has 2 unspecified atom stereocenters. The number of piperazine rings is 1. The summed E-state index contributed by atoms with van der Waals surface area (Å²) in [5.41, 5.74) is 0. The number of rotatable bonds is 5. The van der Waals surface area contributed by atoms with Gasteiger partial charge in [-0.2, -0.15) is 11.8 Å². The number of nitrogens with zero attached hydrogens (tertiary/aromatic N) is 1. The molecule has 0 aromatic heterocycles. The molecule has 0 aromatic rings. The quantitative estimate of drug-likeness (QED) is 0.849. The third kappa shape index (κ3) is 3.55. The maximum Gasteiger partial charge on any atom is 0.246 e. The molecule has 1 saturated heterocycles. The largest absolute Gasteiger partial charge is 0.343 e. The Morgan fingerprint density at radius 1 is 1.19 bits per heavy atom. The number of thioether (sulfide) groups is 1. The smallest absolute Gasteiger partial charge is 0.246 e. The SMILES string of the molecule is CCCC1NC(=O)C(CC)N(C2CCC(SC)CC2)C1=O. The highest BCUT2D eigenvalue weighted by Gasteiger charge is 2.43. The zero-order valence-electron chi connectivity index (χ0n) is 13.4. The summed E-state index contributed by atoms with van der Waals surface area (Å²) in [5.74, 6) is 0.193. The predicted octanol–water partition coefficient (Wildman–Crippen LogP) is 2.57. The summed E-state index contributed by atoms with van der Waals surface area (Å²) in [4.78, 5) is 27.0. The molecule has 2 rings (SSSR count). The summed E-state index contributed by atoms with van der Waals surface area (Å²) in [7, 11) is 0. The highest BCUT2D eigenvalue weighted by Crippen LogP contribution is 2.32. The van der Waals surface area contributed by atoms with Gasteiger partial charge in [0.05, 0.1) is 0 Å².